The van der Waals surface area contributed by atoms with E-state index >= 15 is 0 Å². The highest BCUT2D eigenvalue weighted by molar-refractivity contribution is 7.11. The van der Waals surface area contributed by atoms with Gasteiger partial charge in [-0.3, -0.25) is 0 Å². The second-order valence-electron chi connectivity index (χ2n) is 7.28. The molecule has 0 radical (unpaired) electrons. The summed E-state index contributed by atoms with van der Waals surface area (Å²) in [4.78, 5) is 18.2. The Hall–Kier alpha value is -3.26. The number of ether oxygens (including phenoxy) is 1. The van der Waals surface area contributed by atoms with Crippen LogP contribution in [0.4, 0.5) is 0 Å². The molecular formula is C22H23N5O2S. The van der Waals surface area contributed by atoms with Crippen LogP contribution >= 0.6 is 11.3 Å². The average molecular weight is 422 g/mol. The van der Waals surface area contributed by atoms with Crippen molar-refractivity contribution in [1.82, 2.24) is 24.8 Å². The van der Waals surface area contributed by atoms with Gasteiger partial charge in [-0.1, -0.05) is 12.1 Å². The van der Waals surface area contributed by atoms with Crippen molar-refractivity contribution in [3.05, 3.63) is 73.5 Å². The first-order valence-corrected chi connectivity index (χ1v) is 10.4. The van der Waals surface area contributed by atoms with Crippen molar-refractivity contribution in [1.29, 1.82) is 0 Å². The smallest absolute Gasteiger partial charge is 0.368 e. The van der Waals surface area contributed by atoms with Gasteiger partial charge in [-0.25, -0.2) is 9.78 Å². The lowest BCUT2D eigenvalue weighted by Gasteiger charge is -2.14. The van der Waals surface area contributed by atoms with Gasteiger partial charge in [0.2, 0.25) is 0 Å². The molecule has 8 heteroatoms. The van der Waals surface area contributed by atoms with Gasteiger partial charge < -0.3 is 4.74 Å². The number of tetrazole rings is 1. The minimum atomic E-state index is -0.295. The first-order chi connectivity index (χ1) is 14.3. The molecule has 154 valence electrons. The van der Waals surface area contributed by atoms with Gasteiger partial charge in [0, 0.05) is 23.1 Å². The molecule has 0 atom stereocenters. The second kappa shape index (κ2) is 7.87. The predicted octanol–water partition coefficient (Wildman–Crippen LogP) is 3.90. The summed E-state index contributed by atoms with van der Waals surface area (Å²) in [5, 5.41) is 8.85. The van der Waals surface area contributed by atoms with Crippen LogP contribution in [0, 0.1) is 27.7 Å². The summed E-state index contributed by atoms with van der Waals surface area (Å²) in [5.74, 6) is 0.795. The summed E-state index contributed by atoms with van der Waals surface area (Å²) >= 11 is 1.70. The van der Waals surface area contributed by atoms with Crippen molar-refractivity contribution in [3.63, 3.8) is 0 Å². The lowest BCUT2D eigenvalue weighted by Crippen LogP contribution is -2.23. The SMILES string of the molecule is Cc1nc(-c2ccc(OCc3c(C)cccc3-n3nnn(C)c3=O)c(C)c2)c(C)s1. The molecule has 0 aliphatic rings. The third kappa shape index (κ3) is 3.66. The Morgan fingerprint density at radius 2 is 1.83 bits per heavy atom. The van der Waals surface area contributed by atoms with Gasteiger partial charge in [-0.2, -0.15) is 9.36 Å². The Balaban J connectivity index is 1.62. The first-order valence-electron chi connectivity index (χ1n) is 9.61. The Kier molecular flexibility index (Phi) is 5.26. The number of thiazole rings is 1. The molecule has 0 amide bonds. The lowest BCUT2D eigenvalue weighted by molar-refractivity contribution is 0.302. The van der Waals surface area contributed by atoms with E-state index in [1.165, 1.54) is 14.2 Å². The van der Waals surface area contributed by atoms with E-state index in [4.69, 9.17) is 4.74 Å². The monoisotopic (exact) mass is 421 g/mol. The maximum Gasteiger partial charge on any atom is 0.368 e. The molecule has 2 aromatic heterocycles. The number of hydrogen-bond donors (Lipinski definition) is 0. The van der Waals surface area contributed by atoms with Crippen LogP contribution in [0.3, 0.4) is 0 Å². The zero-order valence-electron chi connectivity index (χ0n) is 17.6. The quantitative estimate of drug-likeness (QED) is 0.489. The largest absolute Gasteiger partial charge is 0.489 e. The minimum Gasteiger partial charge on any atom is -0.489 e. The fourth-order valence-electron chi connectivity index (χ4n) is 3.44. The molecule has 0 N–H and O–H groups in total. The van der Waals surface area contributed by atoms with Gasteiger partial charge in [-0.15, -0.1) is 11.3 Å². The van der Waals surface area contributed by atoms with Gasteiger partial charge in [-0.05, 0) is 73.5 Å². The van der Waals surface area contributed by atoms with Crippen molar-refractivity contribution in [2.45, 2.75) is 34.3 Å². The van der Waals surface area contributed by atoms with Crippen LogP contribution < -0.4 is 10.4 Å². The lowest BCUT2D eigenvalue weighted by atomic mass is 10.1. The summed E-state index contributed by atoms with van der Waals surface area (Å²) in [6.45, 7) is 8.45. The normalized spacial score (nSPS) is 11.1. The fraction of sp³-hybridized carbons (Fsp3) is 0.273. The minimum absolute atomic E-state index is 0.295. The third-order valence-electron chi connectivity index (χ3n) is 5.06. The van der Waals surface area contributed by atoms with Crippen LogP contribution in [-0.4, -0.2) is 24.8 Å². The van der Waals surface area contributed by atoms with E-state index < -0.39 is 0 Å². The third-order valence-corrected chi connectivity index (χ3v) is 5.95. The van der Waals surface area contributed by atoms with Crippen LogP contribution in [0.15, 0.2) is 41.2 Å². The van der Waals surface area contributed by atoms with E-state index in [1.807, 2.05) is 51.1 Å². The Morgan fingerprint density at radius 3 is 2.47 bits per heavy atom. The number of hydrogen-bond acceptors (Lipinski definition) is 6. The number of rotatable bonds is 5. The van der Waals surface area contributed by atoms with E-state index in [1.54, 1.807) is 18.4 Å². The van der Waals surface area contributed by atoms with Gasteiger partial charge in [0.1, 0.15) is 12.4 Å². The molecule has 4 aromatic rings. The highest BCUT2D eigenvalue weighted by Crippen LogP contribution is 2.31. The highest BCUT2D eigenvalue weighted by Gasteiger charge is 2.15. The molecule has 4 rings (SSSR count). The maximum atomic E-state index is 12.3. The van der Waals surface area contributed by atoms with Crippen LogP contribution in [0.5, 0.6) is 5.75 Å². The molecule has 0 aliphatic heterocycles. The number of aromatic nitrogens is 5. The Bertz CT molecular complexity index is 1290. The van der Waals surface area contributed by atoms with Crippen LogP contribution in [0.2, 0.25) is 0 Å². The van der Waals surface area contributed by atoms with Gasteiger partial charge in [0.15, 0.2) is 0 Å². The molecule has 7 nitrogen and oxygen atoms in total. The summed E-state index contributed by atoms with van der Waals surface area (Å²) in [6.07, 6.45) is 0. The van der Waals surface area contributed by atoms with Gasteiger partial charge in [0.25, 0.3) is 0 Å². The second-order valence-corrected chi connectivity index (χ2v) is 8.68. The molecule has 0 bridgehead atoms. The Labute approximate surface area is 178 Å². The molecule has 0 saturated carbocycles. The van der Waals surface area contributed by atoms with E-state index in [-0.39, 0.29) is 5.69 Å². The van der Waals surface area contributed by atoms with E-state index in [9.17, 15) is 4.79 Å². The molecule has 0 spiro atoms. The summed E-state index contributed by atoms with van der Waals surface area (Å²) in [6, 6.07) is 11.9. The van der Waals surface area contributed by atoms with Gasteiger partial charge in [0.05, 0.1) is 16.4 Å². The summed E-state index contributed by atoms with van der Waals surface area (Å²) in [5.41, 5.74) is 5.44. The fourth-order valence-corrected chi connectivity index (χ4v) is 4.28. The number of nitrogens with zero attached hydrogens (tertiary/aromatic N) is 5. The van der Waals surface area contributed by atoms with Crippen molar-refractivity contribution in [2.24, 2.45) is 7.05 Å². The molecular weight excluding hydrogens is 398 g/mol. The molecule has 0 saturated heterocycles. The standard InChI is InChI=1S/C22H23N5O2S/c1-13-7-6-8-19(27-22(28)26(5)24-25-27)18(13)12-29-20-10-9-17(11-14(20)2)21-15(3)30-16(4)23-21/h6-11H,12H2,1-5H3. The molecule has 0 fully saturated rings. The van der Waals surface area contributed by atoms with E-state index in [0.29, 0.717) is 12.3 Å². The molecule has 0 aliphatic carbocycles. The van der Waals surface area contributed by atoms with Crippen molar-refractivity contribution in [3.8, 4) is 22.7 Å². The van der Waals surface area contributed by atoms with Crippen molar-refractivity contribution < 1.29 is 4.74 Å². The van der Waals surface area contributed by atoms with Crippen LogP contribution in [-0.2, 0) is 13.7 Å². The van der Waals surface area contributed by atoms with E-state index in [0.717, 1.165) is 38.7 Å². The molecule has 30 heavy (non-hydrogen) atoms. The van der Waals surface area contributed by atoms with Crippen LogP contribution in [0.25, 0.3) is 16.9 Å². The first kappa shape index (κ1) is 20.0. The molecule has 0 unspecified atom stereocenters. The summed E-state index contributed by atoms with van der Waals surface area (Å²) in [7, 11) is 1.58. The number of aryl methyl sites for hydroxylation is 5. The predicted molar refractivity (Wildman–Crippen MR) is 117 cm³/mol. The van der Waals surface area contributed by atoms with E-state index in [2.05, 4.69) is 28.4 Å². The number of benzene rings is 2. The van der Waals surface area contributed by atoms with Crippen molar-refractivity contribution in [2.75, 3.05) is 0 Å². The zero-order valence-corrected chi connectivity index (χ0v) is 18.4. The Morgan fingerprint density at radius 1 is 1.03 bits per heavy atom. The maximum absolute atomic E-state index is 12.3. The molecule has 2 heterocycles. The van der Waals surface area contributed by atoms with Crippen molar-refractivity contribution >= 4 is 11.3 Å². The average Bonchev–Trinajstić information content (AvgIpc) is 3.22. The van der Waals surface area contributed by atoms with Crippen LogP contribution in [0.1, 0.15) is 26.6 Å². The highest BCUT2D eigenvalue weighted by atomic mass is 32.1. The molecule has 2 aromatic carbocycles. The van der Waals surface area contributed by atoms with Gasteiger partial charge >= 0.3 is 5.69 Å². The zero-order chi connectivity index (χ0) is 21.4. The topological polar surface area (TPSA) is 74.8 Å². The summed E-state index contributed by atoms with van der Waals surface area (Å²) < 4.78 is 8.66.